The standard InChI is InChI=1S/C24H22N6O2/c1-16-4-3-5-19(27-16)24-26-13-11-21(30-24)28-20-10-12-25-22(29-20)14-17-6-8-18(9-7-17)15-23(31)32-2/h3-13H,14-15H2,1-2H3,(H,25,26,28,29,30). The summed E-state index contributed by atoms with van der Waals surface area (Å²) in [5.41, 5.74) is 3.57. The van der Waals surface area contributed by atoms with Crippen LogP contribution in [0.3, 0.4) is 0 Å². The van der Waals surface area contributed by atoms with Crippen LogP contribution in [0, 0.1) is 6.92 Å². The Morgan fingerprint density at radius 3 is 2.34 bits per heavy atom. The van der Waals surface area contributed by atoms with Gasteiger partial charge in [-0.1, -0.05) is 30.3 Å². The summed E-state index contributed by atoms with van der Waals surface area (Å²) >= 11 is 0. The zero-order chi connectivity index (χ0) is 22.3. The first-order chi connectivity index (χ1) is 15.6. The number of rotatable bonds is 7. The second kappa shape index (κ2) is 9.74. The molecule has 0 amide bonds. The molecule has 4 rings (SSSR count). The van der Waals surface area contributed by atoms with Crippen LogP contribution in [0.25, 0.3) is 11.5 Å². The first kappa shape index (κ1) is 21.0. The number of esters is 1. The smallest absolute Gasteiger partial charge is 0.309 e. The van der Waals surface area contributed by atoms with Crippen molar-refractivity contribution in [2.75, 3.05) is 12.4 Å². The molecule has 8 heteroatoms. The van der Waals surface area contributed by atoms with E-state index in [0.29, 0.717) is 35.4 Å². The number of nitrogens with zero attached hydrogens (tertiary/aromatic N) is 5. The fraction of sp³-hybridized carbons (Fsp3) is 0.167. The van der Waals surface area contributed by atoms with Gasteiger partial charge in [0.05, 0.1) is 13.5 Å². The van der Waals surface area contributed by atoms with Gasteiger partial charge in [-0.2, -0.15) is 0 Å². The highest BCUT2D eigenvalue weighted by Crippen LogP contribution is 2.17. The number of anilines is 2. The first-order valence-corrected chi connectivity index (χ1v) is 10.1. The van der Waals surface area contributed by atoms with Crippen molar-refractivity contribution in [3.8, 4) is 11.5 Å². The molecule has 0 radical (unpaired) electrons. The van der Waals surface area contributed by atoms with E-state index in [1.807, 2.05) is 49.4 Å². The molecule has 1 N–H and O–H groups in total. The number of pyridine rings is 1. The summed E-state index contributed by atoms with van der Waals surface area (Å²) in [5.74, 6) is 2.21. The second-order valence-electron chi connectivity index (χ2n) is 7.16. The van der Waals surface area contributed by atoms with Crippen LogP contribution in [-0.4, -0.2) is 38.0 Å². The molecular formula is C24H22N6O2. The van der Waals surface area contributed by atoms with Gasteiger partial charge in [-0.05, 0) is 42.3 Å². The Labute approximate surface area is 185 Å². The molecule has 0 atom stereocenters. The largest absolute Gasteiger partial charge is 0.469 e. The van der Waals surface area contributed by atoms with Crippen molar-refractivity contribution in [1.29, 1.82) is 0 Å². The van der Waals surface area contributed by atoms with Crippen LogP contribution < -0.4 is 5.32 Å². The molecule has 8 nitrogen and oxygen atoms in total. The van der Waals surface area contributed by atoms with Gasteiger partial charge < -0.3 is 10.1 Å². The predicted octanol–water partition coefficient (Wildman–Crippen LogP) is 3.69. The SMILES string of the molecule is COC(=O)Cc1ccc(Cc2nccc(Nc3ccnc(-c4cccc(C)n4)n3)n2)cc1. The van der Waals surface area contributed by atoms with Gasteiger partial charge in [0, 0.05) is 24.5 Å². The maximum absolute atomic E-state index is 11.4. The van der Waals surface area contributed by atoms with E-state index < -0.39 is 0 Å². The molecule has 1 aromatic carbocycles. The van der Waals surface area contributed by atoms with Crippen molar-refractivity contribution in [3.05, 3.63) is 89.6 Å². The molecule has 0 aliphatic heterocycles. The monoisotopic (exact) mass is 426 g/mol. The molecule has 160 valence electrons. The van der Waals surface area contributed by atoms with Crippen LogP contribution in [0.1, 0.15) is 22.6 Å². The number of carbonyl (C=O) groups is 1. The number of aromatic nitrogens is 5. The van der Waals surface area contributed by atoms with Gasteiger partial charge in [-0.15, -0.1) is 0 Å². The van der Waals surface area contributed by atoms with Crippen molar-refractivity contribution in [1.82, 2.24) is 24.9 Å². The summed E-state index contributed by atoms with van der Waals surface area (Å²) in [7, 11) is 1.39. The molecule has 0 aliphatic rings. The second-order valence-corrected chi connectivity index (χ2v) is 7.16. The lowest BCUT2D eigenvalue weighted by Gasteiger charge is -2.08. The molecule has 0 fully saturated rings. The lowest BCUT2D eigenvalue weighted by Crippen LogP contribution is -2.05. The molecule has 4 aromatic rings. The van der Waals surface area contributed by atoms with Crippen molar-refractivity contribution in [2.24, 2.45) is 0 Å². The topological polar surface area (TPSA) is 103 Å². The molecule has 0 bridgehead atoms. The van der Waals surface area contributed by atoms with Gasteiger partial charge in [0.15, 0.2) is 5.82 Å². The van der Waals surface area contributed by atoms with Gasteiger partial charge in [0.1, 0.15) is 23.2 Å². The Bertz CT molecular complexity index is 1230. The molecule has 0 saturated carbocycles. The van der Waals surface area contributed by atoms with Crippen molar-refractivity contribution >= 4 is 17.6 Å². The molecule has 32 heavy (non-hydrogen) atoms. The van der Waals surface area contributed by atoms with Gasteiger partial charge in [0.2, 0.25) is 0 Å². The highest BCUT2D eigenvalue weighted by molar-refractivity contribution is 5.72. The highest BCUT2D eigenvalue weighted by atomic mass is 16.5. The molecule has 0 unspecified atom stereocenters. The van der Waals surface area contributed by atoms with Crippen molar-refractivity contribution < 1.29 is 9.53 Å². The normalized spacial score (nSPS) is 10.6. The molecule has 3 heterocycles. The zero-order valence-corrected chi connectivity index (χ0v) is 17.8. The van der Waals surface area contributed by atoms with E-state index in [1.165, 1.54) is 7.11 Å². The van der Waals surface area contributed by atoms with Crippen LogP contribution in [0.2, 0.25) is 0 Å². The Balaban J connectivity index is 1.46. The molecule has 0 spiro atoms. The molecule has 3 aromatic heterocycles. The summed E-state index contributed by atoms with van der Waals surface area (Å²) in [5, 5.41) is 3.21. The first-order valence-electron chi connectivity index (χ1n) is 10.1. The van der Waals surface area contributed by atoms with Crippen LogP contribution in [0.15, 0.2) is 67.0 Å². The summed E-state index contributed by atoms with van der Waals surface area (Å²) in [6.07, 6.45) is 4.22. The molecular weight excluding hydrogens is 404 g/mol. The predicted molar refractivity (Wildman–Crippen MR) is 120 cm³/mol. The number of nitrogens with one attached hydrogen (secondary N) is 1. The third-order valence-electron chi connectivity index (χ3n) is 4.70. The minimum absolute atomic E-state index is 0.256. The number of aryl methyl sites for hydroxylation is 1. The number of carbonyl (C=O) groups excluding carboxylic acids is 1. The summed E-state index contributed by atoms with van der Waals surface area (Å²) in [6.45, 7) is 1.93. The minimum atomic E-state index is -0.258. The fourth-order valence-corrected chi connectivity index (χ4v) is 3.10. The van der Waals surface area contributed by atoms with Gasteiger partial charge >= 0.3 is 5.97 Å². The van der Waals surface area contributed by atoms with E-state index in [4.69, 9.17) is 4.74 Å². The molecule has 0 aliphatic carbocycles. The van der Waals surface area contributed by atoms with E-state index in [0.717, 1.165) is 16.8 Å². The van der Waals surface area contributed by atoms with E-state index in [-0.39, 0.29) is 12.4 Å². The van der Waals surface area contributed by atoms with E-state index in [9.17, 15) is 4.79 Å². The van der Waals surface area contributed by atoms with E-state index in [1.54, 1.807) is 24.5 Å². The Hall–Kier alpha value is -4.20. The van der Waals surface area contributed by atoms with Gasteiger partial charge in [0.25, 0.3) is 0 Å². The van der Waals surface area contributed by atoms with E-state index in [2.05, 4.69) is 30.2 Å². The van der Waals surface area contributed by atoms with Crippen molar-refractivity contribution in [3.63, 3.8) is 0 Å². The number of benzene rings is 1. The van der Waals surface area contributed by atoms with Gasteiger partial charge in [-0.3, -0.25) is 4.79 Å². The Morgan fingerprint density at radius 2 is 1.59 bits per heavy atom. The average molecular weight is 426 g/mol. The quantitative estimate of drug-likeness (QED) is 0.447. The summed E-state index contributed by atoms with van der Waals surface area (Å²) < 4.78 is 4.70. The lowest BCUT2D eigenvalue weighted by molar-refractivity contribution is -0.139. The van der Waals surface area contributed by atoms with Gasteiger partial charge in [-0.25, -0.2) is 24.9 Å². The third kappa shape index (κ3) is 5.48. The summed E-state index contributed by atoms with van der Waals surface area (Å²) in [4.78, 5) is 33.7. The minimum Gasteiger partial charge on any atom is -0.469 e. The zero-order valence-electron chi connectivity index (χ0n) is 17.8. The number of ether oxygens (including phenoxy) is 1. The van der Waals surface area contributed by atoms with Crippen molar-refractivity contribution in [2.45, 2.75) is 19.8 Å². The third-order valence-corrected chi connectivity index (χ3v) is 4.70. The summed E-state index contributed by atoms with van der Waals surface area (Å²) in [6, 6.07) is 17.1. The highest BCUT2D eigenvalue weighted by Gasteiger charge is 2.07. The number of hydrogen-bond donors (Lipinski definition) is 1. The Kier molecular flexibility index (Phi) is 6.41. The maximum atomic E-state index is 11.4. The van der Waals surface area contributed by atoms with Crippen LogP contribution in [-0.2, 0) is 22.4 Å². The number of hydrogen-bond acceptors (Lipinski definition) is 8. The Morgan fingerprint density at radius 1 is 0.875 bits per heavy atom. The average Bonchev–Trinajstić information content (AvgIpc) is 2.81. The van der Waals surface area contributed by atoms with Crippen LogP contribution >= 0.6 is 0 Å². The molecule has 0 saturated heterocycles. The fourth-order valence-electron chi connectivity index (χ4n) is 3.10. The van der Waals surface area contributed by atoms with E-state index >= 15 is 0 Å². The maximum Gasteiger partial charge on any atom is 0.309 e. The number of methoxy groups -OCH3 is 1. The van der Waals surface area contributed by atoms with Crippen LogP contribution in [0.5, 0.6) is 0 Å². The van der Waals surface area contributed by atoms with Crippen LogP contribution in [0.4, 0.5) is 11.6 Å². The lowest BCUT2D eigenvalue weighted by atomic mass is 10.1.